The molecule has 0 spiro atoms. The Hall–Kier alpha value is -0.460. The van der Waals surface area contributed by atoms with Gasteiger partial charge in [0.1, 0.15) is 0 Å². The number of hydrogen-bond acceptors (Lipinski definition) is 5. The smallest absolute Gasteiger partial charge is 0.0865 e. The van der Waals surface area contributed by atoms with Crippen LogP contribution in [0.15, 0.2) is 11.6 Å². The Balaban J connectivity index is 1.55. The van der Waals surface area contributed by atoms with Gasteiger partial charge in [-0.3, -0.25) is 0 Å². The molecule has 0 aromatic rings. The van der Waals surface area contributed by atoms with Crippen molar-refractivity contribution in [1.82, 2.24) is 0 Å². The summed E-state index contributed by atoms with van der Waals surface area (Å²) in [5.41, 5.74) is -0.731. The van der Waals surface area contributed by atoms with Crippen LogP contribution in [-0.4, -0.2) is 56.0 Å². The molecule has 4 fully saturated rings. The van der Waals surface area contributed by atoms with Gasteiger partial charge < -0.3 is 25.2 Å². The van der Waals surface area contributed by atoms with E-state index in [4.69, 9.17) is 4.74 Å². The molecule has 5 nitrogen and oxygen atoms in total. The van der Waals surface area contributed by atoms with Gasteiger partial charge in [-0.25, -0.2) is 0 Å². The van der Waals surface area contributed by atoms with Crippen molar-refractivity contribution in [3.8, 4) is 0 Å². The Labute approximate surface area is 212 Å². The predicted molar refractivity (Wildman–Crippen MR) is 137 cm³/mol. The van der Waals surface area contributed by atoms with Crippen molar-refractivity contribution in [3.63, 3.8) is 0 Å². The number of rotatable bonds is 2. The lowest BCUT2D eigenvalue weighted by Crippen LogP contribution is -2.62. The van der Waals surface area contributed by atoms with Crippen LogP contribution in [0.25, 0.3) is 0 Å². The van der Waals surface area contributed by atoms with Gasteiger partial charge in [0, 0.05) is 11.8 Å². The molecule has 4 aliphatic carbocycles. The second kappa shape index (κ2) is 7.56. The molecule has 0 unspecified atom stereocenters. The standard InChI is InChI=1S/C30H50O5/c1-25(2)21(33)10-12-27(5)17-9-13-28(6)24(30(8)14-11-22(35-30)26(3,4)34)20(32)16-29(28,7)18(17)15-19(31)23(25)27/h9,18-24,31-34H,10-16H2,1-8H3/t18-,19+,20+,21+,22+,23+,24+,27-,28-,29+,30-/m1/s1. The highest BCUT2D eigenvalue weighted by molar-refractivity contribution is 5.35. The number of aliphatic hydroxyl groups is 4. The molecule has 1 saturated heterocycles. The first-order valence-corrected chi connectivity index (χ1v) is 14.1. The third kappa shape index (κ3) is 3.30. The van der Waals surface area contributed by atoms with Gasteiger partial charge in [0.25, 0.3) is 0 Å². The fourth-order valence-electron chi connectivity index (χ4n) is 10.6. The lowest BCUT2D eigenvalue weighted by Gasteiger charge is -2.65. The summed E-state index contributed by atoms with van der Waals surface area (Å²) >= 11 is 0. The van der Waals surface area contributed by atoms with Crippen LogP contribution in [0.4, 0.5) is 0 Å². The minimum Gasteiger partial charge on any atom is -0.393 e. The van der Waals surface area contributed by atoms with Gasteiger partial charge in [0.05, 0.1) is 35.6 Å². The van der Waals surface area contributed by atoms with Crippen LogP contribution in [0.1, 0.15) is 100 Å². The van der Waals surface area contributed by atoms with Crippen LogP contribution in [0.2, 0.25) is 0 Å². The quantitative estimate of drug-likeness (QED) is 0.425. The second-order valence-corrected chi connectivity index (χ2v) is 15.2. The highest BCUT2D eigenvalue weighted by atomic mass is 16.5. The molecule has 11 atom stereocenters. The molecular formula is C30H50O5. The van der Waals surface area contributed by atoms with Crippen LogP contribution < -0.4 is 0 Å². The summed E-state index contributed by atoms with van der Waals surface area (Å²) in [6.07, 6.45) is 6.50. The number of aliphatic hydroxyl groups excluding tert-OH is 3. The Morgan fingerprint density at radius 1 is 0.886 bits per heavy atom. The van der Waals surface area contributed by atoms with E-state index in [0.717, 1.165) is 32.1 Å². The zero-order valence-corrected chi connectivity index (χ0v) is 23.3. The highest BCUT2D eigenvalue weighted by Gasteiger charge is 2.71. The van der Waals surface area contributed by atoms with Gasteiger partial charge in [-0.1, -0.05) is 46.3 Å². The highest BCUT2D eigenvalue weighted by Crippen LogP contribution is 2.74. The average molecular weight is 491 g/mol. The lowest BCUT2D eigenvalue weighted by atomic mass is 9.40. The molecule has 4 N–H and O–H groups in total. The van der Waals surface area contributed by atoms with Crippen molar-refractivity contribution in [2.45, 2.75) is 136 Å². The van der Waals surface area contributed by atoms with Crippen molar-refractivity contribution in [3.05, 3.63) is 11.6 Å². The molecule has 0 radical (unpaired) electrons. The third-order valence-electron chi connectivity index (χ3n) is 12.5. The Morgan fingerprint density at radius 2 is 1.54 bits per heavy atom. The maximum atomic E-state index is 11.7. The van der Waals surface area contributed by atoms with E-state index >= 15 is 0 Å². The summed E-state index contributed by atoms with van der Waals surface area (Å²) in [6, 6.07) is 0. The number of fused-ring (bicyclic) bond motifs is 5. The van der Waals surface area contributed by atoms with Crippen molar-refractivity contribution in [2.24, 2.45) is 39.4 Å². The van der Waals surface area contributed by atoms with E-state index in [1.807, 2.05) is 13.8 Å². The van der Waals surface area contributed by atoms with Crippen LogP contribution >= 0.6 is 0 Å². The zero-order valence-electron chi connectivity index (χ0n) is 23.3. The molecule has 0 amide bonds. The Kier molecular flexibility index (Phi) is 5.65. The van der Waals surface area contributed by atoms with Crippen molar-refractivity contribution >= 4 is 0 Å². The van der Waals surface area contributed by atoms with E-state index in [1.165, 1.54) is 5.57 Å². The first kappa shape index (κ1) is 26.2. The molecule has 5 aliphatic rings. The summed E-state index contributed by atoms with van der Waals surface area (Å²) in [7, 11) is 0. The lowest BCUT2D eigenvalue weighted by molar-refractivity contribution is -0.183. The van der Waals surface area contributed by atoms with Gasteiger partial charge >= 0.3 is 0 Å². The minimum absolute atomic E-state index is 0.0274. The number of allylic oxidation sites excluding steroid dienone is 2. The maximum absolute atomic E-state index is 11.7. The molecule has 3 saturated carbocycles. The number of ether oxygens (including phenoxy) is 1. The number of hydrogen-bond donors (Lipinski definition) is 4. The first-order chi connectivity index (χ1) is 15.9. The maximum Gasteiger partial charge on any atom is 0.0865 e. The van der Waals surface area contributed by atoms with Gasteiger partial charge in [0.2, 0.25) is 0 Å². The SMILES string of the molecule is CC(C)(O)[C@@H]1CC[C@](C)([C@H]2[C@@H](O)C[C@@]3(C)[C@@H]4C[C@H](O)[C@H]5C(C)(C)[C@@H](O)CC[C@]5(C)C4=CC[C@]23C)O1. The zero-order chi connectivity index (χ0) is 26.0. The largest absolute Gasteiger partial charge is 0.393 e. The normalized spacial score (nSPS) is 55.7. The van der Waals surface area contributed by atoms with Crippen LogP contribution in [-0.2, 0) is 4.74 Å². The van der Waals surface area contributed by atoms with Crippen molar-refractivity contribution in [1.29, 1.82) is 0 Å². The van der Waals surface area contributed by atoms with E-state index < -0.39 is 29.5 Å². The fraction of sp³-hybridized carbons (Fsp3) is 0.933. The van der Waals surface area contributed by atoms with Crippen molar-refractivity contribution in [2.75, 3.05) is 0 Å². The van der Waals surface area contributed by atoms with Crippen LogP contribution in [0.3, 0.4) is 0 Å². The van der Waals surface area contributed by atoms with Gasteiger partial charge in [0.15, 0.2) is 0 Å². The summed E-state index contributed by atoms with van der Waals surface area (Å²) in [5, 5.41) is 44.8. The molecule has 5 rings (SSSR count). The van der Waals surface area contributed by atoms with E-state index in [1.54, 1.807) is 0 Å². The van der Waals surface area contributed by atoms with Crippen molar-refractivity contribution < 1.29 is 25.2 Å². The molecule has 5 heteroatoms. The summed E-state index contributed by atoms with van der Waals surface area (Å²) in [6.45, 7) is 17.1. The van der Waals surface area contributed by atoms with Crippen LogP contribution in [0, 0.1) is 39.4 Å². The van der Waals surface area contributed by atoms with Gasteiger partial charge in [-0.15, -0.1) is 0 Å². The predicted octanol–water partition coefficient (Wildman–Crippen LogP) is 4.60. The van der Waals surface area contributed by atoms with E-state index in [9.17, 15) is 20.4 Å². The molecular weight excluding hydrogens is 440 g/mol. The molecule has 0 aromatic carbocycles. The average Bonchev–Trinajstić information content (AvgIpc) is 3.20. The van der Waals surface area contributed by atoms with E-state index in [-0.39, 0.29) is 45.5 Å². The first-order valence-electron chi connectivity index (χ1n) is 14.1. The molecule has 1 aliphatic heterocycles. The molecule has 0 bridgehead atoms. The summed E-state index contributed by atoms with van der Waals surface area (Å²) < 4.78 is 6.62. The Bertz CT molecular complexity index is 905. The molecule has 35 heavy (non-hydrogen) atoms. The second-order valence-electron chi connectivity index (χ2n) is 15.2. The minimum atomic E-state index is -0.902. The summed E-state index contributed by atoms with van der Waals surface area (Å²) in [4.78, 5) is 0. The van der Waals surface area contributed by atoms with E-state index in [0.29, 0.717) is 12.8 Å². The molecule has 0 aromatic heterocycles. The fourth-order valence-corrected chi connectivity index (χ4v) is 10.6. The van der Waals surface area contributed by atoms with Gasteiger partial charge in [-0.05, 0) is 93.3 Å². The van der Waals surface area contributed by atoms with Crippen LogP contribution in [0.5, 0.6) is 0 Å². The summed E-state index contributed by atoms with van der Waals surface area (Å²) in [5.74, 6) is 0.204. The topological polar surface area (TPSA) is 90.2 Å². The third-order valence-corrected chi connectivity index (χ3v) is 12.5. The Morgan fingerprint density at radius 3 is 2.14 bits per heavy atom. The molecule has 1 heterocycles. The molecule has 200 valence electrons. The van der Waals surface area contributed by atoms with E-state index in [2.05, 4.69) is 47.6 Å². The monoisotopic (exact) mass is 490 g/mol. The van der Waals surface area contributed by atoms with Gasteiger partial charge in [-0.2, -0.15) is 0 Å².